The van der Waals surface area contributed by atoms with Crippen molar-refractivity contribution in [2.45, 2.75) is 77.6 Å². The van der Waals surface area contributed by atoms with Crippen LogP contribution >= 0.6 is 0 Å². The topological polar surface area (TPSA) is 0 Å². The van der Waals surface area contributed by atoms with Gasteiger partial charge in [0.25, 0.3) is 0 Å². The van der Waals surface area contributed by atoms with E-state index in [-0.39, 0.29) is 5.56 Å². The van der Waals surface area contributed by atoms with Crippen LogP contribution < -0.4 is 0 Å². The zero-order valence-electron chi connectivity index (χ0n) is 17.5. The zero-order valence-corrected chi connectivity index (χ0v) is 17.5. The van der Waals surface area contributed by atoms with E-state index in [1.54, 1.807) is 6.08 Å². The predicted octanol–water partition coefficient (Wildman–Crippen LogP) is 7.81. The van der Waals surface area contributed by atoms with Crippen molar-refractivity contribution < 1.29 is 13.2 Å². The van der Waals surface area contributed by atoms with E-state index in [1.165, 1.54) is 70.6 Å². The molecule has 2 fully saturated rings. The fraction of sp³-hybridized carbons (Fsp3) is 0.615. The highest BCUT2D eigenvalue weighted by molar-refractivity contribution is 5.37. The Morgan fingerprint density at radius 1 is 0.897 bits per heavy atom. The summed E-state index contributed by atoms with van der Waals surface area (Å²) in [5.74, 6) is 5.02. The number of unbranched alkanes of at least 4 members (excludes halogenated alkanes) is 1. The Morgan fingerprint density at radius 2 is 1.48 bits per heavy atom. The molecule has 0 N–H and O–H groups in total. The van der Waals surface area contributed by atoms with Gasteiger partial charge in [0.15, 0.2) is 17.5 Å². The van der Waals surface area contributed by atoms with Crippen LogP contribution in [-0.2, 0) is 0 Å². The SMILES string of the molecule is CCCC[C@H]1CC[C@H]([C@H]2CC[C@H](C=CC#Cc3cc(F)c(F)c(F)c3)CC2)CC1. The second-order valence-corrected chi connectivity index (χ2v) is 8.98. The van der Waals surface area contributed by atoms with Gasteiger partial charge in [0.2, 0.25) is 0 Å². The Labute approximate surface area is 174 Å². The average Bonchev–Trinajstić information content (AvgIpc) is 2.74. The summed E-state index contributed by atoms with van der Waals surface area (Å²) in [7, 11) is 0. The van der Waals surface area contributed by atoms with Gasteiger partial charge in [0.1, 0.15) is 0 Å². The number of halogens is 3. The summed E-state index contributed by atoms with van der Waals surface area (Å²) in [6.45, 7) is 2.28. The van der Waals surface area contributed by atoms with Crippen molar-refractivity contribution >= 4 is 0 Å². The third-order valence-corrected chi connectivity index (χ3v) is 6.99. The minimum atomic E-state index is -1.45. The molecule has 3 rings (SSSR count). The van der Waals surface area contributed by atoms with Crippen molar-refractivity contribution in [2.75, 3.05) is 0 Å². The summed E-state index contributed by atoms with van der Waals surface area (Å²) in [6.07, 6.45) is 18.8. The van der Waals surface area contributed by atoms with Gasteiger partial charge in [-0.1, -0.05) is 56.9 Å². The predicted molar refractivity (Wildman–Crippen MR) is 113 cm³/mol. The minimum Gasteiger partial charge on any atom is -0.204 e. The minimum absolute atomic E-state index is 0.157. The van der Waals surface area contributed by atoms with Gasteiger partial charge in [-0.25, -0.2) is 13.2 Å². The van der Waals surface area contributed by atoms with E-state index in [9.17, 15) is 13.2 Å². The maximum Gasteiger partial charge on any atom is 0.194 e. The average molecular weight is 403 g/mol. The van der Waals surface area contributed by atoms with E-state index < -0.39 is 17.5 Å². The normalized spacial score (nSPS) is 27.6. The second-order valence-electron chi connectivity index (χ2n) is 8.98. The maximum atomic E-state index is 13.2. The van der Waals surface area contributed by atoms with Crippen LogP contribution in [-0.4, -0.2) is 0 Å². The molecule has 0 spiro atoms. The first-order valence-corrected chi connectivity index (χ1v) is 11.4. The largest absolute Gasteiger partial charge is 0.204 e. The molecule has 1 aromatic rings. The molecule has 0 bridgehead atoms. The highest BCUT2D eigenvalue weighted by Crippen LogP contribution is 2.42. The highest BCUT2D eigenvalue weighted by Gasteiger charge is 2.30. The number of hydrogen-bond donors (Lipinski definition) is 0. The molecule has 158 valence electrons. The number of hydrogen-bond acceptors (Lipinski definition) is 0. The fourth-order valence-electron chi connectivity index (χ4n) is 5.19. The van der Waals surface area contributed by atoms with Gasteiger partial charge in [-0.3, -0.25) is 0 Å². The van der Waals surface area contributed by atoms with Gasteiger partial charge in [-0.15, -0.1) is 0 Å². The van der Waals surface area contributed by atoms with Crippen LogP contribution in [0.1, 0.15) is 83.1 Å². The fourth-order valence-corrected chi connectivity index (χ4v) is 5.19. The van der Waals surface area contributed by atoms with Gasteiger partial charge in [-0.2, -0.15) is 0 Å². The van der Waals surface area contributed by atoms with Crippen molar-refractivity contribution in [1.29, 1.82) is 0 Å². The molecule has 0 unspecified atom stereocenters. The molecular formula is C26H33F3. The van der Waals surface area contributed by atoms with Crippen LogP contribution in [0.5, 0.6) is 0 Å². The van der Waals surface area contributed by atoms with E-state index >= 15 is 0 Å². The lowest BCUT2D eigenvalue weighted by atomic mass is 9.68. The summed E-state index contributed by atoms with van der Waals surface area (Å²) < 4.78 is 39.4. The molecular weight excluding hydrogens is 369 g/mol. The van der Waals surface area contributed by atoms with Gasteiger partial charge in [0, 0.05) is 5.56 Å². The van der Waals surface area contributed by atoms with Crippen molar-refractivity contribution in [1.82, 2.24) is 0 Å². The van der Waals surface area contributed by atoms with E-state index in [0.29, 0.717) is 5.92 Å². The molecule has 0 saturated heterocycles. The summed E-state index contributed by atoms with van der Waals surface area (Å²) in [5, 5.41) is 0. The molecule has 2 saturated carbocycles. The third kappa shape index (κ3) is 6.39. The number of allylic oxidation sites excluding steroid dienone is 2. The molecule has 0 radical (unpaired) electrons. The lowest BCUT2D eigenvalue weighted by Gasteiger charge is -2.37. The van der Waals surface area contributed by atoms with Crippen LogP contribution in [0.4, 0.5) is 13.2 Å². The van der Waals surface area contributed by atoms with E-state index in [0.717, 1.165) is 29.9 Å². The Kier molecular flexibility index (Phi) is 8.28. The molecule has 0 aromatic heterocycles. The maximum absolute atomic E-state index is 13.2. The van der Waals surface area contributed by atoms with Crippen LogP contribution in [0.25, 0.3) is 0 Å². The standard InChI is InChI=1S/C26H33F3/c1-2-3-6-19-9-13-22(14-10-19)23-15-11-20(12-16-23)7-4-5-8-21-17-24(27)26(29)25(28)18-21/h4,7,17-20,22-23H,2-3,6,9-16H2,1H3/t19-,20-,22-,23-. The third-order valence-electron chi connectivity index (χ3n) is 6.99. The zero-order chi connectivity index (χ0) is 20.6. The Morgan fingerprint density at radius 3 is 2.07 bits per heavy atom. The van der Waals surface area contributed by atoms with Gasteiger partial charge >= 0.3 is 0 Å². The van der Waals surface area contributed by atoms with Crippen LogP contribution in [0.2, 0.25) is 0 Å². The Bertz CT molecular complexity index is 716. The molecule has 2 aliphatic rings. The molecule has 2 aliphatic carbocycles. The van der Waals surface area contributed by atoms with E-state index in [1.807, 2.05) is 0 Å². The molecule has 0 heterocycles. The van der Waals surface area contributed by atoms with E-state index in [4.69, 9.17) is 0 Å². The quantitative estimate of drug-likeness (QED) is 0.348. The summed E-state index contributed by atoms with van der Waals surface area (Å²) in [4.78, 5) is 0. The summed E-state index contributed by atoms with van der Waals surface area (Å²) in [5.41, 5.74) is 0.157. The van der Waals surface area contributed by atoms with Gasteiger partial charge in [0.05, 0.1) is 0 Å². The Balaban J connectivity index is 1.41. The molecule has 1 aromatic carbocycles. The lowest BCUT2D eigenvalue weighted by Crippen LogP contribution is -2.25. The number of benzene rings is 1. The first kappa shape index (κ1) is 22.0. The van der Waals surface area contributed by atoms with Crippen molar-refractivity contribution in [3.05, 3.63) is 47.3 Å². The van der Waals surface area contributed by atoms with Crippen molar-refractivity contribution in [3.63, 3.8) is 0 Å². The molecule has 0 atom stereocenters. The second kappa shape index (κ2) is 10.9. The first-order chi connectivity index (χ1) is 14.1. The van der Waals surface area contributed by atoms with Crippen LogP contribution in [0.15, 0.2) is 24.3 Å². The molecule has 0 aliphatic heterocycles. The first-order valence-electron chi connectivity index (χ1n) is 11.4. The number of rotatable bonds is 5. The smallest absolute Gasteiger partial charge is 0.194 e. The highest BCUT2D eigenvalue weighted by atomic mass is 19.2. The van der Waals surface area contributed by atoms with Crippen molar-refractivity contribution in [3.8, 4) is 11.8 Å². The monoisotopic (exact) mass is 402 g/mol. The molecule has 0 amide bonds. The van der Waals surface area contributed by atoms with E-state index in [2.05, 4.69) is 24.8 Å². The summed E-state index contributed by atoms with van der Waals surface area (Å²) in [6, 6.07) is 1.86. The van der Waals surface area contributed by atoms with Crippen LogP contribution in [0, 0.1) is 53.0 Å². The molecule has 0 nitrogen and oxygen atoms in total. The Hall–Kier alpha value is -1.69. The molecule has 3 heteroatoms. The van der Waals surface area contributed by atoms with Gasteiger partial charge in [-0.05, 0) is 80.4 Å². The lowest BCUT2D eigenvalue weighted by molar-refractivity contribution is 0.152. The van der Waals surface area contributed by atoms with Gasteiger partial charge < -0.3 is 0 Å². The van der Waals surface area contributed by atoms with Crippen LogP contribution in [0.3, 0.4) is 0 Å². The molecule has 29 heavy (non-hydrogen) atoms. The van der Waals surface area contributed by atoms with Crippen molar-refractivity contribution in [2.24, 2.45) is 23.7 Å². The summed E-state index contributed by atoms with van der Waals surface area (Å²) >= 11 is 0.